The summed E-state index contributed by atoms with van der Waals surface area (Å²) >= 11 is 0. The summed E-state index contributed by atoms with van der Waals surface area (Å²) in [5.41, 5.74) is 4.66. The van der Waals surface area contributed by atoms with Crippen molar-refractivity contribution >= 4 is 16.8 Å². The van der Waals surface area contributed by atoms with E-state index in [1.54, 1.807) is 0 Å². The maximum atomic E-state index is 13.3. The molecule has 0 spiro atoms. The van der Waals surface area contributed by atoms with Crippen molar-refractivity contribution in [1.82, 2.24) is 20.4 Å². The minimum absolute atomic E-state index is 0.145. The summed E-state index contributed by atoms with van der Waals surface area (Å²) in [6, 6.07) is 8.80. The predicted molar refractivity (Wildman–Crippen MR) is 126 cm³/mol. The third kappa shape index (κ3) is 4.20. The van der Waals surface area contributed by atoms with Crippen molar-refractivity contribution in [2.75, 3.05) is 0 Å². The van der Waals surface area contributed by atoms with Crippen LogP contribution in [0.1, 0.15) is 74.6 Å². The normalized spacial score (nSPS) is 21.4. The van der Waals surface area contributed by atoms with E-state index in [1.807, 2.05) is 13.0 Å². The number of nitrogens with zero attached hydrogens (tertiary/aromatic N) is 2. The highest BCUT2D eigenvalue weighted by Crippen LogP contribution is 2.36. The monoisotopic (exact) mass is 434 g/mol. The first-order valence-electron chi connectivity index (χ1n) is 12.1. The zero-order valence-corrected chi connectivity index (χ0v) is 19.4. The second-order valence-corrected chi connectivity index (χ2v) is 10.0. The van der Waals surface area contributed by atoms with Gasteiger partial charge in [0.25, 0.3) is 0 Å². The Morgan fingerprint density at radius 2 is 2.12 bits per heavy atom. The van der Waals surface area contributed by atoms with Crippen molar-refractivity contribution in [3.8, 4) is 0 Å². The van der Waals surface area contributed by atoms with Crippen LogP contribution < -0.4 is 10.6 Å². The van der Waals surface area contributed by atoms with E-state index in [0.29, 0.717) is 24.9 Å². The standard InChI is InChI=1S/C26H34N4O2/c1-16(2)11-22-21-9-6-10-24-25(21)18(14-30(24)15-20-12-17(3)32-29-20)13-23(28-22)26(31)27-19-7-4-5-8-19/h6,9-10,12,14,16,19,22-23,28H,4-5,7-8,11,13,15H2,1-3H3,(H,27,31)/t22-,23-/m0/s1. The summed E-state index contributed by atoms with van der Waals surface area (Å²) in [7, 11) is 0. The van der Waals surface area contributed by atoms with E-state index in [0.717, 1.165) is 30.7 Å². The van der Waals surface area contributed by atoms with Crippen LogP contribution in [0.25, 0.3) is 10.9 Å². The second kappa shape index (κ2) is 8.74. The van der Waals surface area contributed by atoms with Crippen LogP contribution in [-0.4, -0.2) is 27.7 Å². The molecule has 6 nitrogen and oxygen atoms in total. The lowest BCUT2D eigenvalue weighted by Crippen LogP contribution is -2.49. The minimum Gasteiger partial charge on any atom is -0.361 e. The van der Waals surface area contributed by atoms with Gasteiger partial charge < -0.3 is 14.4 Å². The summed E-state index contributed by atoms with van der Waals surface area (Å²) in [4.78, 5) is 13.3. The number of rotatable bonds is 6. The van der Waals surface area contributed by atoms with Crippen molar-refractivity contribution < 1.29 is 9.32 Å². The van der Waals surface area contributed by atoms with Crippen molar-refractivity contribution in [3.05, 3.63) is 53.0 Å². The van der Waals surface area contributed by atoms with E-state index in [-0.39, 0.29) is 18.0 Å². The lowest BCUT2D eigenvalue weighted by Gasteiger charge is -2.26. The van der Waals surface area contributed by atoms with E-state index in [4.69, 9.17) is 4.52 Å². The molecule has 6 heteroatoms. The van der Waals surface area contributed by atoms with Crippen LogP contribution in [0.5, 0.6) is 0 Å². The summed E-state index contributed by atoms with van der Waals surface area (Å²) < 4.78 is 7.54. The Bertz CT molecular complexity index is 1110. The molecule has 1 amide bonds. The van der Waals surface area contributed by atoms with E-state index in [2.05, 4.69) is 58.6 Å². The number of aryl methyl sites for hydroxylation is 1. The number of aromatic nitrogens is 2. The van der Waals surface area contributed by atoms with Gasteiger partial charge in [-0.15, -0.1) is 0 Å². The first-order chi connectivity index (χ1) is 15.5. The van der Waals surface area contributed by atoms with Gasteiger partial charge in [0.15, 0.2) is 0 Å². The molecule has 2 aromatic heterocycles. The van der Waals surface area contributed by atoms with Crippen LogP contribution in [0.15, 0.2) is 35.0 Å². The first kappa shape index (κ1) is 21.3. The molecule has 3 aromatic rings. The quantitative estimate of drug-likeness (QED) is 0.593. The molecule has 2 N–H and O–H groups in total. The molecule has 1 aromatic carbocycles. The van der Waals surface area contributed by atoms with Crippen molar-refractivity contribution in [2.45, 2.75) is 84.0 Å². The Kier molecular flexibility index (Phi) is 5.80. The molecule has 1 fully saturated rings. The molecule has 2 atom stereocenters. The smallest absolute Gasteiger partial charge is 0.237 e. The van der Waals surface area contributed by atoms with Gasteiger partial charge >= 0.3 is 0 Å². The number of hydrogen-bond donors (Lipinski definition) is 2. The molecule has 0 radical (unpaired) electrons. The van der Waals surface area contributed by atoms with Crippen LogP contribution in [-0.2, 0) is 17.8 Å². The van der Waals surface area contributed by atoms with Gasteiger partial charge in [-0.05, 0) is 55.7 Å². The molecule has 32 heavy (non-hydrogen) atoms. The number of nitrogens with one attached hydrogen (secondary N) is 2. The number of hydrogen-bond acceptors (Lipinski definition) is 4. The third-order valence-corrected chi connectivity index (χ3v) is 6.95. The highest BCUT2D eigenvalue weighted by Gasteiger charge is 2.32. The van der Waals surface area contributed by atoms with Crippen LogP contribution in [0, 0.1) is 12.8 Å². The van der Waals surface area contributed by atoms with Crippen molar-refractivity contribution in [3.63, 3.8) is 0 Å². The molecule has 1 aliphatic heterocycles. The first-order valence-corrected chi connectivity index (χ1v) is 12.1. The molecule has 1 aliphatic carbocycles. The Morgan fingerprint density at radius 1 is 1.31 bits per heavy atom. The molecule has 2 aliphatic rings. The van der Waals surface area contributed by atoms with Gasteiger partial charge in [0.1, 0.15) is 11.5 Å². The fourth-order valence-electron chi connectivity index (χ4n) is 5.53. The Hall–Kier alpha value is -2.60. The van der Waals surface area contributed by atoms with Gasteiger partial charge in [-0.25, -0.2) is 0 Å². The molecule has 5 rings (SSSR count). The molecule has 170 valence electrons. The average molecular weight is 435 g/mol. The number of carbonyl (C=O) groups excluding carboxylic acids is 1. The van der Waals surface area contributed by atoms with Crippen LogP contribution in [0.2, 0.25) is 0 Å². The van der Waals surface area contributed by atoms with E-state index in [1.165, 1.54) is 34.9 Å². The second-order valence-electron chi connectivity index (χ2n) is 10.0. The summed E-state index contributed by atoms with van der Waals surface area (Å²) in [5.74, 6) is 1.50. The maximum absolute atomic E-state index is 13.3. The maximum Gasteiger partial charge on any atom is 0.237 e. The van der Waals surface area contributed by atoms with Crippen LogP contribution >= 0.6 is 0 Å². The molecular weight excluding hydrogens is 400 g/mol. The topological polar surface area (TPSA) is 72.1 Å². The van der Waals surface area contributed by atoms with Gasteiger partial charge in [-0.2, -0.15) is 0 Å². The molecule has 3 heterocycles. The molecule has 0 bridgehead atoms. The number of benzene rings is 1. The van der Waals surface area contributed by atoms with Crippen LogP contribution in [0.3, 0.4) is 0 Å². The highest BCUT2D eigenvalue weighted by molar-refractivity contribution is 5.90. The van der Waals surface area contributed by atoms with Crippen molar-refractivity contribution in [2.24, 2.45) is 5.92 Å². The third-order valence-electron chi connectivity index (χ3n) is 6.95. The largest absolute Gasteiger partial charge is 0.361 e. The number of carbonyl (C=O) groups is 1. The molecular formula is C26H34N4O2. The van der Waals surface area contributed by atoms with Crippen LogP contribution in [0.4, 0.5) is 0 Å². The van der Waals surface area contributed by atoms with Crippen molar-refractivity contribution in [1.29, 1.82) is 0 Å². The molecule has 0 saturated heterocycles. The molecule has 1 saturated carbocycles. The van der Waals surface area contributed by atoms with E-state index >= 15 is 0 Å². The number of amides is 1. The summed E-state index contributed by atoms with van der Waals surface area (Å²) in [6.07, 6.45) is 8.56. The van der Waals surface area contributed by atoms with Gasteiger partial charge in [-0.1, -0.05) is 44.0 Å². The van der Waals surface area contributed by atoms with E-state index in [9.17, 15) is 4.79 Å². The lowest BCUT2D eigenvalue weighted by molar-refractivity contribution is -0.124. The summed E-state index contributed by atoms with van der Waals surface area (Å²) in [6.45, 7) is 7.08. The van der Waals surface area contributed by atoms with Gasteiger partial charge in [0.2, 0.25) is 5.91 Å². The zero-order chi connectivity index (χ0) is 22.2. The highest BCUT2D eigenvalue weighted by atomic mass is 16.5. The summed E-state index contributed by atoms with van der Waals surface area (Å²) in [5, 5.41) is 12.6. The minimum atomic E-state index is -0.222. The van der Waals surface area contributed by atoms with Gasteiger partial charge in [0.05, 0.1) is 12.6 Å². The lowest BCUT2D eigenvalue weighted by atomic mass is 9.94. The van der Waals surface area contributed by atoms with E-state index < -0.39 is 0 Å². The predicted octanol–water partition coefficient (Wildman–Crippen LogP) is 4.65. The van der Waals surface area contributed by atoms with Gasteiger partial charge in [-0.3, -0.25) is 10.1 Å². The average Bonchev–Trinajstić information content (AvgIpc) is 3.46. The SMILES string of the molecule is Cc1cc(Cn2cc3c4c(cccc42)[C@H](CC(C)C)N[C@H](C(=O)NC2CCCC2)C3)no1. The Morgan fingerprint density at radius 3 is 2.84 bits per heavy atom. The zero-order valence-electron chi connectivity index (χ0n) is 19.4. The fraction of sp³-hybridized carbons (Fsp3) is 0.538. The fourth-order valence-corrected chi connectivity index (χ4v) is 5.53. The Balaban J connectivity index is 1.51. The van der Waals surface area contributed by atoms with Gasteiger partial charge in [0, 0.05) is 35.2 Å². The Labute approximate surface area is 189 Å². The molecule has 0 unspecified atom stereocenters.